The molecule has 1 atom stereocenters. The monoisotopic (exact) mass is 372 g/mol. The number of carbonyl (C=O) groups excluding carboxylic acids is 3. The Bertz CT molecular complexity index is 739. The molecule has 2 heterocycles. The van der Waals surface area contributed by atoms with Gasteiger partial charge in [-0.2, -0.15) is 0 Å². The fourth-order valence-electron chi connectivity index (χ4n) is 3.31. The van der Waals surface area contributed by atoms with Gasteiger partial charge in [0.15, 0.2) is 5.92 Å². The van der Waals surface area contributed by atoms with E-state index in [1.807, 2.05) is 5.01 Å². The van der Waals surface area contributed by atoms with Crippen molar-refractivity contribution in [2.24, 2.45) is 5.92 Å². The van der Waals surface area contributed by atoms with Gasteiger partial charge >= 0.3 is 6.03 Å². The lowest BCUT2D eigenvalue weighted by Crippen LogP contribution is -2.60. The topological polar surface area (TPSA) is 91.0 Å². The second-order valence-corrected chi connectivity index (χ2v) is 6.64. The quantitative estimate of drug-likeness (QED) is 0.766. The van der Waals surface area contributed by atoms with Crippen LogP contribution in [0.5, 0.6) is 5.75 Å². The standard InChI is InChI=1S/C19H24N4O4/c1-13(21-22-11-5-3-4-6-12-22)16-17(24)20-19(26)23(18(16)25)14-7-9-15(27-2)10-8-14/h7-10,16,21H,1,3-6,11-12H2,2H3,(H,20,24,26)/t16-/m1/s1. The summed E-state index contributed by atoms with van der Waals surface area (Å²) in [6, 6.07) is 5.70. The summed E-state index contributed by atoms with van der Waals surface area (Å²) in [6.07, 6.45) is 4.41. The van der Waals surface area contributed by atoms with Crippen LogP contribution in [-0.4, -0.2) is 43.1 Å². The van der Waals surface area contributed by atoms with Crippen molar-refractivity contribution in [3.63, 3.8) is 0 Å². The lowest BCUT2D eigenvalue weighted by molar-refractivity contribution is -0.133. The Hall–Kier alpha value is -2.87. The molecule has 0 radical (unpaired) electrons. The average Bonchev–Trinajstić information content (AvgIpc) is 2.90. The number of carbonyl (C=O) groups is 3. The summed E-state index contributed by atoms with van der Waals surface area (Å²) in [5, 5.41) is 4.22. The molecule has 2 fully saturated rings. The van der Waals surface area contributed by atoms with Crippen LogP contribution < -0.4 is 20.4 Å². The van der Waals surface area contributed by atoms with Gasteiger partial charge in [0.2, 0.25) is 5.91 Å². The molecular weight excluding hydrogens is 348 g/mol. The number of nitrogens with zero attached hydrogens (tertiary/aromatic N) is 2. The van der Waals surface area contributed by atoms with Crippen LogP contribution in [0.4, 0.5) is 10.5 Å². The van der Waals surface area contributed by atoms with E-state index in [1.54, 1.807) is 24.3 Å². The van der Waals surface area contributed by atoms with E-state index < -0.39 is 23.8 Å². The summed E-state index contributed by atoms with van der Waals surface area (Å²) in [5.41, 5.74) is 3.72. The van der Waals surface area contributed by atoms with Crippen LogP contribution in [0, 0.1) is 5.92 Å². The van der Waals surface area contributed by atoms with Crippen LogP contribution in [0.15, 0.2) is 36.5 Å². The van der Waals surface area contributed by atoms with Gasteiger partial charge in [0.1, 0.15) is 5.75 Å². The molecule has 0 aliphatic carbocycles. The van der Waals surface area contributed by atoms with E-state index in [1.165, 1.54) is 7.11 Å². The van der Waals surface area contributed by atoms with Crippen LogP contribution >= 0.6 is 0 Å². The van der Waals surface area contributed by atoms with E-state index in [4.69, 9.17) is 4.74 Å². The number of anilines is 1. The normalized spacial score (nSPS) is 21.4. The maximum absolute atomic E-state index is 12.9. The van der Waals surface area contributed by atoms with Crippen LogP contribution in [0.3, 0.4) is 0 Å². The predicted octanol–water partition coefficient (Wildman–Crippen LogP) is 1.79. The third kappa shape index (κ3) is 4.11. The maximum Gasteiger partial charge on any atom is 0.335 e. The minimum absolute atomic E-state index is 0.269. The highest BCUT2D eigenvalue weighted by Crippen LogP contribution is 2.25. The van der Waals surface area contributed by atoms with E-state index in [0.29, 0.717) is 11.4 Å². The van der Waals surface area contributed by atoms with Gasteiger partial charge in [0.25, 0.3) is 5.91 Å². The first kappa shape index (κ1) is 18.9. The van der Waals surface area contributed by atoms with Crippen molar-refractivity contribution in [1.82, 2.24) is 15.8 Å². The number of ether oxygens (including phenoxy) is 1. The molecule has 2 aliphatic rings. The van der Waals surface area contributed by atoms with Gasteiger partial charge in [-0.3, -0.25) is 14.9 Å². The first-order chi connectivity index (χ1) is 13.0. The number of methoxy groups -OCH3 is 1. The number of hydrogen-bond acceptors (Lipinski definition) is 6. The lowest BCUT2D eigenvalue weighted by atomic mass is 10.0. The molecule has 0 spiro atoms. The molecule has 27 heavy (non-hydrogen) atoms. The number of benzene rings is 1. The van der Waals surface area contributed by atoms with Crippen molar-refractivity contribution < 1.29 is 19.1 Å². The highest BCUT2D eigenvalue weighted by Gasteiger charge is 2.43. The number of urea groups is 1. The molecule has 8 nitrogen and oxygen atoms in total. The Balaban J connectivity index is 1.77. The third-order valence-electron chi connectivity index (χ3n) is 4.75. The highest BCUT2D eigenvalue weighted by atomic mass is 16.5. The highest BCUT2D eigenvalue weighted by molar-refractivity contribution is 6.28. The fraction of sp³-hybridized carbons (Fsp3) is 0.421. The largest absolute Gasteiger partial charge is 0.497 e. The van der Waals surface area contributed by atoms with Crippen molar-refractivity contribution in [2.75, 3.05) is 25.1 Å². The van der Waals surface area contributed by atoms with Gasteiger partial charge in [-0.25, -0.2) is 14.7 Å². The number of nitrogens with one attached hydrogen (secondary N) is 2. The first-order valence-corrected chi connectivity index (χ1v) is 9.04. The van der Waals surface area contributed by atoms with E-state index in [-0.39, 0.29) is 5.70 Å². The summed E-state index contributed by atoms with van der Waals surface area (Å²) in [6.45, 7) is 5.54. The van der Waals surface area contributed by atoms with Gasteiger partial charge in [0.05, 0.1) is 12.8 Å². The molecular formula is C19H24N4O4. The lowest BCUT2D eigenvalue weighted by Gasteiger charge is -2.33. The molecule has 2 saturated heterocycles. The summed E-state index contributed by atoms with van der Waals surface area (Å²) in [5.74, 6) is -1.86. The van der Waals surface area contributed by atoms with E-state index >= 15 is 0 Å². The molecule has 8 heteroatoms. The summed E-state index contributed by atoms with van der Waals surface area (Å²) < 4.78 is 5.09. The second kappa shape index (κ2) is 8.22. The van der Waals surface area contributed by atoms with Gasteiger partial charge in [-0.15, -0.1) is 0 Å². The molecule has 2 aliphatic heterocycles. The molecule has 144 valence electrons. The van der Waals surface area contributed by atoms with E-state index in [0.717, 1.165) is 43.7 Å². The van der Waals surface area contributed by atoms with E-state index in [9.17, 15) is 14.4 Å². The molecule has 0 unspecified atom stereocenters. The number of rotatable bonds is 5. The number of hydrazine groups is 1. The van der Waals surface area contributed by atoms with Crippen molar-refractivity contribution >= 4 is 23.5 Å². The summed E-state index contributed by atoms with van der Waals surface area (Å²) in [7, 11) is 1.53. The predicted molar refractivity (Wildman–Crippen MR) is 99.8 cm³/mol. The van der Waals surface area contributed by atoms with Crippen molar-refractivity contribution in [2.45, 2.75) is 25.7 Å². The van der Waals surface area contributed by atoms with Gasteiger partial charge in [-0.05, 0) is 37.1 Å². The molecule has 3 rings (SSSR count). The third-order valence-corrected chi connectivity index (χ3v) is 4.75. The minimum atomic E-state index is -1.17. The molecule has 0 bridgehead atoms. The smallest absolute Gasteiger partial charge is 0.335 e. The zero-order chi connectivity index (χ0) is 19.4. The average molecular weight is 372 g/mol. The maximum atomic E-state index is 12.9. The molecule has 1 aromatic rings. The van der Waals surface area contributed by atoms with Crippen LogP contribution in [0.2, 0.25) is 0 Å². The van der Waals surface area contributed by atoms with Gasteiger partial charge in [-0.1, -0.05) is 19.4 Å². The Morgan fingerprint density at radius 2 is 1.74 bits per heavy atom. The Kier molecular flexibility index (Phi) is 5.75. The van der Waals surface area contributed by atoms with E-state index in [2.05, 4.69) is 17.3 Å². The minimum Gasteiger partial charge on any atom is -0.497 e. The number of barbiturate groups is 1. The summed E-state index contributed by atoms with van der Waals surface area (Å²) in [4.78, 5) is 38.5. The molecule has 0 saturated carbocycles. The second-order valence-electron chi connectivity index (χ2n) is 6.64. The van der Waals surface area contributed by atoms with Crippen molar-refractivity contribution in [3.05, 3.63) is 36.5 Å². The fourth-order valence-corrected chi connectivity index (χ4v) is 3.31. The summed E-state index contributed by atoms with van der Waals surface area (Å²) >= 11 is 0. The molecule has 1 aromatic carbocycles. The van der Waals surface area contributed by atoms with Crippen LogP contribution in [-0.2, 0) is 9.59 Å². The zero-order valence-electron chi connectivity index (χ0n) is 15.4. The Morgan fingerprint density at radius 1 is 1.11 bits per heavy atom. The molecule has 0 aromatic heterocycles. The van der Waals surface area contributed by atoms with Crippen LogP contribution in [0.25, 0.3) is 0 Å². The van der Waals surface area contributed by atoms with Gasteiger partial charge < -0.3 is 10.2 Å². The van der Waals surface area contributed by atoms with Crippen LogP contribution in [0.1, 0.15) is 25.7 Å². The first-order valence-electron chi connectivity index (χ1n) is 9.04. The Morgan fingerprint density at radius 3 is 2.33 bits per heavy atom. The number of amides is 4. The van der Waals surface area contributed by atoms with Crippen molar-refractivity contribution in [3.8, 4) is 5.75 Å². The molecule has 4 amide bonds. The SMILES string of the molecule is C=C(NN1CCCCCC1)[C@@H]1C(=O)NC(=O)N(c2ccc(OC)cc2)C1=O. The zero-order valence-corrected chi connectivity index (χ0v) is 15.4. The molecule has 2 N–H and O–H groups in total. The Labute approximate surface area is 158 Å². The van der Waals surface area contributed by atoms with Crippen molar-refractivity contribution in [1.29, 1.82) is 0 Å². The number of hydrogen-bond donors (Lipinski definition) is 2. The van der Waals surface area contributed by atoms with Gasteiger partial charge in [0, 0.05) is 18.8 Å². The number of imide groups is 2.